The van der Waals surface area contributed by atoms with E-state index in [0.29, 0.717) is 25.3 Å². The van der Waals surface area contributed by atoms with Gasteiger partial charge in [0.05, 0.1) is 6.33 Å². The molecule has 1 atom stereocenters. The minimum atomic E-state index is -0.269. The van der Waals surface area contributed by atoms with E-state index < -0.39 is 0 Å². The topological polar surface area (TPSA) is 91.3 Å². The van der Waals surface area contributed by atoms with Crippen molar-refractivity contribution in [3.05, 3.63) is 43.0 Å². The molecule has 1 aromatic carbocycles. The van der Waals surface area contributed by atoms with Crippen LogP contribution >= 0.6 is 0 Å². The Hall–Kier alpha value is -3.03. The molecule has 1 fully saturated rings. The standard InChI is InChI=1S/C16H20N6O2/c1-12(10-21-8-6-17-11-21)19-15(23)20-13-2-4-14(5-3-13)22-9-7-18-16(22)24/h2-6,8,11-12H,7,9-10H2,1H3,(H,18,24)(H2,19,20,23)/t12-/m0/s1. The predicted octanol–water partition coefficient (Wildman–Crippen LogP) is 1.62. The van der Waals surface area contributed by atoms with E-state index in [4.69, 9.17) is 0 Å². The normalized spacial score (nSPS) is 15.0. The van der Waals surface area contributed by atoms with E-state index in [1.54, 1.807) is 29.6 Å². The molecule has 0 bridgehead atoms. The van der Waals surface area contributed by atoms with Crippen molar-refractivity contribution in [1.29, 1.82) is 0 Å². The third kappa shape index (κ3) is 3.83. The first-order valence-electron chi connectivity index (χ1n) is 7.80. The zero-order valence-corrected chi connectivity index (χ0v) is 13.4. The van der Waals surface area contributed by atoms with E-state index in [0.717, 1.165) is 5.69 Å². The van der Waals surface area contributed by atoms with Gasteiger partial charge >= 0.3 is 12.1 Å². The van der Waals surface area contributed by atoms with Crippen molar-refractivity contribution in [3.63, 3.8) is 0 Å². The Labute approximate surface area is 139 Å². The zero-order valence-electron chi connectivity index (χ0n) is 13.4. The van der Waals surface area contributed by atoms with E-state index >= 15 is 0 Å². The van der Waals surface area contributed by atoms with Crippen molar-refractivity contribution in [2.75, 3.05) is 23.3 Å². The van der Waals surface area contributed by atoms with Gasteiger partial charge < -0.3 is 20.5 Å². The average molecular weight is 328 g/mol. The lowest BCUT2D eigenvalue weighted by molar-refractivity contribution is 0.248. The Morgan fingerprint density at radius 3 is 2.79 bits per heavy atom. The summed E-state index contributed by atoms with van der Waals surface area (Å²) in [5.41, 5.74) is 1.48. The molecule has 1 aliphatic heterocycles. The Kier molecular flexibility index (Phi) is 4.64. The molecule has 2 aromatic rings. The van der Waals surface area contributed by atoms with Crippen LogP contribution in [0.1, 0.15) is 6.92 Å². The first-order valence-corrected chi connectivity index (χ1v) is 7.80. The maximum absolute atomic E-state index is 12.0. The molecule has 0 unspecified atom stereocenters. The van der Waals surface area contributed by atoms with Gasteiger partial charge in [0.2, 0.25) is 0 Å². The highest BCUT2D eigenvalue weighted by atomic mass is 16.2. The molecule has 0 aliphatic carbocycles. The van der Waals surface area contributed by atoms with Crippen LogP contribution in [0.3, 0.4) is 0 Å². The van der Waals surface area contributed by atoms with Crippen LogP contribution in [0.5, 0.6) is 0 Å². The first-order chi connectivity index (χ1) is 11.6. The van der Waals surface area contributed by atoms with Crippen LogP contribution in [-0.4, -0.2) is 40.7 Å². The lowest BCUT2D eigenvalue weighted by atomic mass is 10.2. The number of rotatable bonds is 5. The van der Waals surface area contributed by atoms with Crippen LogP contribution in [0, 0.1) is 0 Å². The first kappa shape index (κ1) is 15.9. The molecule has 1 aliphatic rings. The van der Waals surface area contributed by atoms with Crippen molar-refractivity contribution >= 4 is 23.4 Å². The van der Waals surface area contributed by atoms with Crippen LogP contribution in [0.2, 0.25) is 0 Å². The summed E-state index contributed by atoms with van der Waals surface area (Å²) in [4.78, 5) is 29.3. The van der Waals surface area contributed by atoms with Gasteiger partial charge in [-0.25, -0.2) is 14.6 Å². The third-order valence-electron chi connectivity index (χ3n) is 3.72. The fourth-order valence-corrected chi connectivity index (χ4v) is 2.59. The number of aromatic nitrogens is 2. The van der Waals surface area contributed by atoms with Gasteiger partial charge in [-0.2, -0.15) is 0 Å². The fraction of sp³-hybridized carbons (Fsp3) is 0.312. The molecular weight excluding hydrogens is 308 g/mol. The van der Waals surface area contributed by atoms with Gasteiger partial charge in [-0.15, -0.1) is 0 Å². The number of imidazole rings is 1. The number of hydrogen-bond donors (Lipinski definition) is 3. The quantitative estimate of drug-likeness (QED) is 0.779. The van der Waals surface area contributed by atoms with Crippen molar-refractivity contribution in [3.8, 4) is 0 Å². The molecule has 3 rings (SSSR count). The van der Waals surface area contributed by atoms with Crippen molar-refractivity contribution in [2.24, 2.45) is 0 Å². The summed E-state index contributed by atoms with van der Waals surface area (Å²) >= 11 is 0. The Morgan fingerprint density at radius 1 is 1.38 bits per heavy atom. The molecule has 126 valence electrons. The Morgan fingerprint density at radius 2 is 2.17 bits per heavy atom. The number of amides is 4. The van der Waals surface area contributed by atoms with E-state index in [-0.39, 0.29) is 18.1 Å². The summed E-state index contributed by atoms with van der Waals surface area (Å²) in [7, 11) is 0. The summed E-state index contributed by atoms with van der Waals surface area (Å²) in [6, 6.07) is 6.79. The zero-order chi connectivity index (χ0) is 16.9. The van der Waals surface area contributed by atoms with Gasteiger partial charge in [0, 0.05) is 49.4 Å². The van der Waals surface area contributed by atoms with Crippen LogP contribution < -0.4 is 20.9 Å². The van der Waals surface area contributed by atoms with Gasteiger partial charge in [0.25, 0.3) is 0 Å². The molecule has 8 heteroatoms. The van der Waals surface area contributed by atoms with Gasteiger partial charge in [-0.05, 0) is 31.2 Å². The Bertz CT molecular complexity index is 698. The molecule has 1 aromatic heterocycles. The predicted molar refractivity (Wildman–Crippen MR) is 91.0 cm³/mol. The second-order valence-electron chi connectivity index (χ2n) is 5.69. The second-order valence-corrected chi connectivity index (χ2v) is 5.69. The molecule has 0 saturated carbocycles. The summed E-state index contributed by atoms with van der Waals surface area (Å²) in [6.45, 7) is 3.87. The van der Waals surface area contributed by atoms with E-state index in [1.165, 1.54) is 0 Å². The lowest BCUT2D eigenvalue weighted by Crippen LogP contribution is -2.38. The van der Waals surface area contributed by atoms with Gasteiger partial charge in [0.15, 0.2) is 0 Å². The maximum Gasteiger partial charge on any atom is 0.321 e. The van der Waals surface area contributed by atoms with Crippen LogP contribution in [0.25, 0.3) is 0 Å². The smallest absolute Gasteiger partial charge is 0.321 e. The van der Waals surface area contributed by atoms with Crippen LogP contribution in [0.15, 0.2) is 43.0 Å². The number of benzene rings is 1. The highest BCUT2D eigenvalue weighted by Gasteiger charge is 2.20. The molecule has 8 nitrogen and oxygen atoms in total. The summed E-state index contributed by atoms with van der Waals surface area (Å²) in [5.74, 6) is 0. The van der Waals surface area contributed by atoms with Gasteiger partial charge in [-0.3, -0.25) is 4.90 Å². The molecular formula is C16H20N6O2. The van der Waals surface area contributed by atoms with Crippen LogP contribution in [-0.2, 0) is 6.54 Å². The molecule has 2 heterocycles. The van der Waals surface area contributed by atoms with E-state index in [9.17, 15) is 9.59 Å². The molecule has 3 N–H and O–H groups in total. The molecule has 24 heavy (non-hydrogen) atoms. The monoisotopic (exact) mass is 328 g/mol. The minimum Gasteiger partial charge on any atom is -0.336 e. The number of anilines is 2. The summed E-state index contributed by atoms with van der Waals surface area (Å²) < 4.78 is 1.90. The van der Waals surface area contributed by atoms with Gasteiger partial charge in [-0.1, -0.05) is 0 Å². The lowest BCUT2D eigenvalue weighted by Gasteiger charge is -2.16. The molecule has 0 spiro atoms. The third-order valence-corrected chi connectivity index (χ3v) is 3.72. The minimum absolute atomic E-state index is 0.0354. The van der Waals surface area contributed by atoms with Gasteiger partial charge in [0.1, 0.15) is 0 Å². The Balaban J connectivity index is 1.51. The molecule has 4 amide bonds. The molecule has 1 saturated heterocycles. The number of carbonyl (C=O) groups excluding carboxylic acids is 2. The largest absolute Gasteiger partial charge is 0.336 e. The fourth-order valence-electron chi connectivity index (χ4n) is 2.59. The number of urea groups is 2. The van der Waals surface area contributed by atoms with Crippen molar-refractivity contribution in [2.45, 2.75) is 19.5 Å². The second kappa shape index (κ2) is 7.03. The highest BCUT2D eigenvalue weighted by molar-refractivity contribution is 5.94. The number of hydrogen-bond acceptors (Lipinski definition) is 3. The van der Waals surface area contributed by atoms with Crippen molar-refractivity contribution < 1.29 is 9.59 Å². The van der Waals surface area contributed by atoms with E-state index in [1.807, 2.05) is 29.8 Å². The summed E-state index contributed by atoms with van der Waals surface area (Å²) in [5, 5.41) is 8.41. The SMILES string of the molecule is C[C@@H](Cn1ccnc1)NC(=O)Nc1ccc(N2CCNC2=O)cc1. The average Bonchev–Trinajstić information content (AvgIpc) is 3.19. The van der Waals surface area contributed by atoms with E-state index in [2.05, 4.69) is 20.9 Å². The summed E-state index contributed by atoms with van der Waals surface area (Å²) in [6.07, 6.45) is 5.27. The molecule has 0 radical (unpaired) electrons. The number of nitrogens with zero attached hydrogens (tertiary/aromatic N) is 3. The highest BCUT2D eigenvalue weighted by Crippen LogP contribution is 2.19. The maximum atomic E-state index is 12.0. The number of carbonyl (C=O) groups is 2. The van der Waals surface area contributed by atoms with Crippen LogP contribution in [0.4, 0.5) is 21.0 Å². The number of nitrogens with one attached hydrogen (secondary N) is 3. The van der Waals surface area contributed by atoms with Crippen molar-refractivity contribution in [1.82, 2.24) is 20.2 Å².